The van der Waals surface area contributed by atoms with Crippen molar-refractivity contribution < 1.29 is 33.7 Å². The predicted octanol–water partition coefficient (Wildman–Crippen LogP) is 3.76. The van der Waals surface area contributed by atoms with Gasteiger partial charge in [0.15, 0.2) is 5.78 Å². The molecule has 1 saturated heterocycles. The summed E-state index contributed by atoms with van der Waals surface area (Å²) < 4.78 is 16.6. The molecule has 0 bridgehead atoms. The number of methoxy groups -OCH3 is 1. The Morgan fingerprint density at radius 3 is 2.47 bits per heavy atom. The van der Waals surface area contributed by atoms with Crippen molar-refractivity contribution in [2.45, 2.75) is 72.4 Å². The second-order valence-corrected chi connectivity index (χ2v) is 12.6. The van der Waals surface area contributed by atoms with Crippen molar-refractivity contribution in [2.24, 2.45) is 45.8 Å². The van der Waals surface area contributed by atoms with E-state index in [1.165, 1.54) is 13.2 Å². The van der Waals surface area contributed by atoms with Crippen LogP contribution < -0.4 is 0 Å². The van der Waals surface area contributed by atoms with Crippen LogP contribution in [0.15, 0.2) is 36.0 Å². The average molecular weight is 499 g/mol. The van der Waals surface area contributed by atoms with Gasteiger partial charge in [-0.2, -0.15) is 0 Å². The molecule has 0 aromatic carbocycles. The molecule has 36 heavy (non-hydrogen) atoms. The smallest absolute Gasteiger partial charge is 0.333 e. The third kappa shape index (κ3) is 2.90. The van der Waals surface area contributed by atoms with Gasteiger partial charge in [-0.1, -0.05) is 54.2 Å². The van der Waals surface area contributed by atoms with E-state index in [9.17, 15) is 19.5 Å². The van der Waals surface area contributed by atoms with Crippen LogP contribution in [0.5, 0.6) is 0 Å². The fourth-order valence-electron chi connectivity index (χ4n) is 8.96. The van der Waals surface area contributed by atoms with Gasteiger partial charge in [0.05, 0.1) is 19.6 Å². The molecule has 3 aliphatic carbocycles. The largest absolute Gasteiger partial charge is 0.469 e. The zero-order chi connectivity index (χ0) is 26.6. The number of hydrogen-bond acceptors (Lipinski definition) is 7. The second kappa shape index (κ2) is 7.64. The number of aliphatic hydroxyl groups excluding tert-OH is 1. The Balaban J connectivity index is 1.60. The molecule has 5 rings (SSSR count). The molecule has 5 aliphatic rings. The third-order valence-electron chi connectivity index (χ3n) is 11.1. The third-order valence-corrected chi connectivity index (χ3v) is 11.1. The molecule has 2 heterocycles. The first-order valence-corrected chi connectivity index (χ1v) is 13.0. The highest BCUT2D eigenvalue weighted by atomic mass is 16.6. The van der Waals surface area contributed by atoms with Gasteiger partial charge in [-0.15, -0.1) is 0 Å². The van der Waals surface area contributed by atoms with Crippen molar-refractivity contribution >= 4 is 17.7 Å². The first kappa shape index (κ1) is 25.4. The molecule has 196 valence electrons. The number of esters is 2. The SMILES string of the molecule is C=C1C([C@@]2(C)C=CC(=O)C(C)(C)[C@@H]2CC(=O)OC)[C@H](C)[C@H](C)[C@@]2(C)[C@H](C3=CC(=O)OC3O)C[C@H]3OC132. The molecule has 0 aromatic heterocycles. The number of hydrogen-bond donors (Lipinski definition) is 1. The number of epoxide rings is 1. The molecule has 2 aliphatic heterocycles. The molecular weight excluding hydrogens is 460 g/mol. The number of ether oxygens (including phenoxy) is 3. The van der Waals surface area contributed by atoms with Crippen molar-refractivity contribution in [1.29, 1.82) is 0 Å². The summed E-state index contributed by atoms with van der Waals surface area (Å²) in [6.07, 6.45) is 4.64. The molecule has 3 fully saturated rings. The first-order chi connectivity index (χ1) is 16.7. The maximum Gasteiger partial charge on any atom is 0.333 e. The summed E-state index contributed by atoms with van der Waals surface area (Å²) in [5.41, 5.74) is -0.677. The molecule has 3 unspecified atom stereocenters. The lowest BCUT2D eigenvalue weighted by Crippen LogP contribution is -2.60. The quantitative estimate of drug-likeness (QED) is 0.358. The Morgan fingerprint density at radius 2 is 1.89 bits per heavy atom. The maximum atomic E-state index is 13.0. The molecule has 10 atom stereocenters. The zero-order valence-corrected chi connectivity index (χ0v) is 22.3. The van der Waals surface area contributed by atoms with Crippen LogP contribution >= 0.6 is 0 Å². The van der Waals surface area contributed by atoms with Gasteiger partial charge in [0.25, 0.3) is 0 Å². The number of ketones is 1. The lowest BCUT2D eigenvalue weighted by Gasteiger charge is -2.60. The maximum absolute atomic E-state index is 13.0. The van der Waals surface area contributed by atoms with Gasteiger partial charge in [-0.3, -0.25) is 9.59 Å². The monoisotopic (exact) mass is 498 g/mol. The van der Waals surface area contributed by atoms with E-state index < -0.39 is 34.1 Å². The highest BCUT2D eigenvalue weighted by molar-refractivity contribution is 5.96. The lowest BCUT2D eigenvalue weighted by molar-refractivity contribution is -0.153. The molecule has 1 N–H and O–H groups in total. The van der Waals surface area contributed by atoms with Crippen LogP contribution in [-0.4, -0.2) is 47.9 Å². The van der Waals surface area contributed by atoms with Crippen molar-refractivity contribution in [3.8, 4) is 0 Å². The van der Waals surface area contributed by atoms with E-state index in [0.29, 0.717) is 12.0 Å². The minimum atomic E-state index is -1.22. The van der Waals surface area contributed by atoms with Crippen LogP contribution in [0.25, 0.3) is 0 Å². The van der Waals surface area contributed by atoms with Crippen molar-refractivity contribution in [3.63, 3.8) is 0 Å². The normalized spacial score (nSPS) is 48.7. The van der Waals surface area contributed by atoms with E-state index in [2.05, 4.69) is 34.3 Å². The summed E-state index contributed by atoms with van der Waals surface area (Å²) in [6.45, 7) is 17.3. The fraction of sp³-hybridized carbons (Fsp3) is 0.690. The number of allylic oxidation sites excluding steroid dienone is 2. The van der Waals surface area contributed by atoms with Crippen LogP contribution in [0.1, 0.15) is 54.4 Å². The molecule has 0 radical (unpaired) electrons. The summed E-state index contributed by atoms with van der Waals surface area (Å²) in [6, 6.07) is 0. The Bertz CT molecular complexity index is 1120. The minimum Gasteiger partial charge on any atom is -0.469 e. The number of cyclic esters (lactones) is 1. The summed E-state index contributed by atoms with van der Waals surface area (Å²) in [5, 5.41) is 10.5. The van der Waals surface area contributed by atoms with E-state index in [1.807, 2.05) is 19.9 Å². The van der Waals surface area contributed by atoms with Crippen LogP contribution in [0.4, 0.5) is 0 Å². The van der Waals surface area contributed by atoms with Crippen LogP contribution in [0, 0.1) is 45.8 Å². The summed E-state index contributed by atoms with van der Waals surface area (Å²) >= 11 is 0. The highest BCUT2D eigenvalue weighted by Gasteiger charge is 2.81. The second-order valence-electron chi connectivity index (χ2n) is 12.6. The van der Waals surface area contributed by atoms with E-state index in [4.69, 9.17) is 14.2 Å². The topological polar surface area (TPSA) is 102 Å². The summed E-state index contributed by atoms with van der Waals surface area (Å²) in [4.78, 5) is 37.5. The molecule has 0 amide bonds. The lowest BCUT2D eigenvalue weighted by atomic mass is 9.43. The van der Waals surface area contributed by atoms with Gasteiger partial charge in [-0.05, 0) is 53.1 Å². The van der Waals surface area contributed by atoms with Crippen LogP contribution in [0.2, 0.25) is 0 Å². The minimum absolute atomic E-state index is 0.00677. The highest BCUT2D eigenvalue weighted by Crippen LogP contribution is 2.77. The Hall–Kier alpha value is -2.25. The fourth-order valence-corrected chi connectivity index (χ4v) is 8.96. The Kier molecular flexibility index (Phi) is 5.39. The average Bonchev–Trinajstić information content (AvgIpc) is 3.36. The molecule has 2 saturated carbocycles. The van der Waals surface area contributed by atoms with Crippen LogP contribution in [-0.2, 0) is 28.6 Å². The van der Waals surface area contributed by atoms with Gasteiger partial charge in [0.1, 0.15) is 5.60 Å². The van der Waals surface area contributed by atoms with Crippen LogP contribution in [0.3, 0.4) is 0 Å². The predicted molar refractivity (Wildman–Crippen MR) is 131 cm³/mol. The van der Waals surface area contributed by atoms with Gasteiger partial charge in [0, 0.05) is 22.5 Å². The summed E-state index contributed by atoms with van der Waals surface area (Å²) in [7, 11) is 1.38. The van der Waals surface area contributed by atoms with Gasteiger partial charge in [-0.25, -0.2) is 4.79 Å². The number of aliphatic hydroxyl groups is 1. The number of rotatable bonds is 4. The van der Waals surface area contributed by atoms with Crippen molar-refractivity contribution in [2.75, 3.05) is 7.11 Å². The molecule has 7 nitrogen and oxygen atoms in total. The number of carbonyl (C=O) groups excluding carboxylic acids is 3. The standard InChI is InChI=1S/C29H38O7/c1-14-15(2)28(7)18(17-11-23(32)35-25(17)33)12-21-29(28,36-21)16(3)24(14)27(6)10-9-20(30)26(4,5)19(27)13-22(31)34-8/h9-11,14-15,18-19,21,24-25,33H,3,12-13H2,1-2,4-8H3/t14-,15+,18+,19+,21-,24?,25?,27+,28+,29?/m1/s1. The molecule has 0 aromatic rings. The van der Waals surface area contributed by atoms with E-state index in [1.54, 1.807) is 6.08 Å². The number of carbonyl (C=O) groups is 3. The van der Waals surface area contributed by atoms with Crippen molar-refractivity contribution in [1.82, 2.24) is 0 Å². The molecule has 7 heteroatoms. The van der Waals surface area contributed by atoms with Crippen molar-refractivity contribution in [3.05, 3.63) is 36.0 Å². The first-order valence-electron chi connectivity index (χ1n) is 13.0. The molecule has 1 spiro atoms. The van der Waals surface area contributed by atoms with E-state index in [-0.39, 0.29) is 53.9 Å². The Labute approximate surface area is 212 Å². The Morgan fingerprint density at radius 1 is 1.22 bits per heavy atom. The van der Waals surface area contributed by atoms with E-state index >= 15 is 0 Å². The summed E-state index contributed by atoms with van der Waals surface area (Å²) in [5.74, 6) is -1.01. The zero-order valence-electron chi connectivity index (χ0n) is 22.3. The van der Waals surface area contributed by atoms with Gasteiger partial charge < -0.3 is 19.3 Å². The molecular formula is C29H38O7. The van der Waals surface area contributed by atoms with Gasteiger partial charge >= 0.3 is 11.9 Å². The van der Waals surface area contributed by atoms with Gasteiger partial charge in [0.2, 0.25) is 6.29 Å². The van der Waals surface area contributed by atoms with E-state index in [0.717, 1.165) is 5.57 Å².